The van der Waals surface area contributed by atoms with Gasteiger partial charge in [0.25, 0.3) is 0 Å². The highest BCUT2D eigenvalue weighted by molar-refractivity contribution is 5.78. The summed E-state index contributed by atoms with van der Waals surface area (Å²) in [6.07, 6.45) is 2.31. The van der Waals surface area contributed by atoms with Gasteiger partial charge in [-0.15, -0.1) is 0 Å². The SMILES string of the molecule is CN[C@H](C)Cc1cc(F)c2ccoc2c1. The van der Waals surface area contributed by atoms with Gasteiger partial charge in [0, 0.05) is 6.04 Å². The van der Waals surface area contributed by atoms with Crippen LogP contribution in [0.1, 0.15) is 12.5 Å². The van der Waals surface area contributed by atoms with Crippen LogP contribution >= 0.6 is 0 Å². The maximum absolute atomic E-state index is 13.6. The van der Waals surface area contributed by atoms with E-state index in [4.69, 9.17) is 4.42 Å². The van der Waals surface area contributed by atoms with Crippen LogP contribution in [0.5, 0.6) is 0 Å². The Morgan fingerprint density at radius 1 is 1.47 bits per heavy atom. The quantitative estimate of drug-likeness (QED) is 0.837. The molecule has 0 bridgehead atoms. The predicted octanol–water partition coefficient (Wildman–Crippen LogP) is 2.72. The van der Waals surface area contributed by atoms with Crippen molar-refractivity contribution in [2.45, 2.75) is 19.4 Å². The maximum atomic E-state index is 13.6. The summed E-state index contributed by atoms with van der Waals surface area (Å²) in [6.45, 7) is 2.06. The van der Waals surface area contributed by atoms with Crippen LogP contribution in [0.25, 0.3) is 11.0 Å². The number of nitrogens with one attached hydrogen (secondary N) is 1. The molecule has 0 amide bonds. The number of hydrogen-bond acceptors (Lipinski definition) is 2. The van der Waals surface area contributed by atoms with Gasteiger partial charge in [0.2, 0.25) is 0 Å². The Hall–Kier alpha value is -1.35. The number of rotatable bonds is 3. The zero-order chi connectivity index (χ0) is 10.8. The van der Waals surface area contributed by atoms with Gasteiger partial charge in [-0.2, -0.15) is 0 Å². The summed E-state index contributed by atoms with van der Waals surface area (Å²) in [4.78, 5) is 0. The summed E-state index contributed by atoms with van der Waals surface area (Å²) < 4.78 is 18.7. The second-order valence-corrected chi connectivity index (χ2v) is 3.80. The van der Waals surface area contributed by atoms with Crippen molar-refractivity contribution in [1.29, 1.82) is 0 Å². The van der Waals surface area contributed by atoms with Crippen molar-refractivity contribution in [3.8, 4) is 0 Å². The lowest BCUT2D eigenvalue weighted by atomic mass is 10.1. The predicted molar refractivity (Wildman–Crippen MR) is 58.4 cm³/mol. The smallest absolute Gasteiger partial charge is 0.137 e. The van der Waals surface area contributed by atoms with Crippen molar-refractivity contribution in [1.82, 2.24) is 5.32 Å². The molecular weight excluding hydrogens is 193 g/mol. The standard InChI is InChI=1S/C12H14FNO/c1-8(14-2)5-9-6-11(13)10-3-4-15-12(10)7-9/h3-4,6-8,14H,5H2,1-2H3/t8-/m1/s1. The molecule has 0 unspecified atom stereocenters. The first-order valence-electron chi connectivity index (χ1n) is 5.03. The van der Waals surface area contributed by atoms with Crippen LogP contribution in [-0.4, -0.2) is 13.1 Å². The number of halogens is 1. The molecule has 0 saturated heterocycles. The van der Waals surface area contributed by atoms with Crippen LogP contribution in [-0.2, 0) is 6.42 Å². The van der Waals surface area contributed by atoms with Gasteiger partial charge >= 0.3 is 0 Å². The molecule has 0 radical (unpaired) electrons. The van der Waals surface area contributed by atoms with Crippen LogP contribution in [0.15, 0.2) is 28.9 Å². The molecule has 3 heteroatoms. The minimum absolute atomic E-state index is 0.209. The van der Waals surface area contributed by atoms with Crippen LogP contribution < -0.4 is 5.32 Å². The topological polar surface area (TPSA) is 25.2 Å². The molecule has 1 heterocycles. The molecule has 0 saturated carbocycles. The van der Waals surface area contributed by atoms with Crippen molar-refractivity contribution in [2.75, 3.05) is 7.05 Å². The molecule has 2 aromatic rings. The van der Waals surface area contributed by atoms with Crippen molar-refractivity contribution in [3.63, 3.8) is 0 Å². The molecule has 1 atom stereocenters. The second-order valence-electron chi connectivity index (χ2n) is 3.80. The summed E-state index contributed by atoms with van der Waals surface area (Å²) in [5.74, 6) is -0.209. The molecule has 15 heavy (non-hydrogen) atoms. The molecule has 0 spiro atoms. The largest absolute Gasteiger partial charge is 0.464 e. The van der Waals surface area contributed by atoms with Crippen molar-refractivity contribution >= 4 is 11.0 Å². The summed E-state index contributed by atoms with van der Waals surface area (Å²) in [5.41, 5.74) is 1.57. The average Bonchev–Trinajstić information content (AvgIpc) is 2.66. The van der Waals surface area contributed by atoms with E-state index < -0.39 is 0 Å². The van der Waals surface area contributed by atoms with E-state index in [1.165, 1.54) is 6.26 Å². The van der Waals surface area contributed by atoms with E-state index in [0.717, 1.165) is 12.0 Å². The normalized spacial score (nSPS) is 13.3. The van der Waals surface area contributed by atoms with Gasteiger partial charge in [-0.3, -0.25) is 0 Å². The molecule has 0 aliphatic rings. The van der Waals surface area contributed by atoms with E-state index in [1.807, 2.05) is 13.1 Å². The van der Waals surface area contributed by atoms with Gasteiger partial charge in [-0.05, 0) is 44.2 Å². The number of likely N-dealkylation sites (N-methyl/N-ethyl adjacent to an activating group) is 1. The van der Waals surface area contributed by atoms with Crippen LogP contribution in [0, 0.1) is 5.82 Å². The lowest BCUT2D eigenvalue weighted by Gasteiger charge is -2.09. The Kier molecular flexibility index (Phi) is 2.73. The zero-order valence-electron chi connectivity index (χ0n) is 8.88. The van der Waals surface area contributed by atoms with Gasteiger partial charge < -0.3 is 9.73 Å². The highest BCUT2D eigenvalue weighted by Crippen LogP contribution is 2.21. The Morgan fingerprint density at radius 3 is 3.00 bits per heavy atom. The first-order valence-corrected chi connectivity index (χ1v) is 5.03. The van der Waals surface area contributed by atoms with E-state index in [2.05, 4.69) is 12.2 Å². The fourth-order valence-electron chi connectivity index (χ4n) is 1.65. The fraction of sp³-hybridized carbons (Fsp3) is 0.333. The molecule has 2 nitrogen and oxygen atoms in total. The van der Waals surface area contributed by atoms with Gasteiger partial charge in [0.15, 0.2) is 0 Å². The van der Waals surface area contributed by atoms with Crippen LogP contribution in [0.2, 0.25) is 0 Å². The molecule has 1 aromatic heterocycles. The van der Waals surface area contributed by atoms with Crippen LogP contribution in [0.3, 0.4) is 0 Å². The van der Waals surface area contributed by atoms with Crippen molar-refractivity contribution < 1.29 is 8.81 Å². The number of hydrogen-bond donors (Lipinski definition) is 1. The fourth-order valence-corrected chi connectivity index (χ4v) is 1.65. The van der Waals surface area contributed by atoms with Gasteiger partial charge in [0.1, 0.15) is 11.4 Å². The number of furan rings is 1. The lowest BCUT2D eigenvalue weighted by molar-refractivity contribution is 0.592. The molecule has 0 aliphatic carbocycles. The molecule has 2 rings (SSSR count). The third kappa shape index (κ3) is 2.02. The minimum atomic E-state index is -0.209. The molecule has 1 aromatic carbocycles. The lowest BCUT2D eigenvalue weighted by Crippen LogP contribution is -2.23. The Morgan fingerprint density at radius 2 is 2.27 bits per heavy atom. The molecular formula is C12H14FNO. The first-order chi connectivity index (χ1) is 7.20. The first kappa shape index (κ1) is 10.2. The Bertz CT molecular complexity index is 464. The third-order valence-electron chi connectivity index (χ3n) is 2.62. The molecule has 1 N–H and O–H groups in total. The minimum Gasteiger partial charge on any atom is -0.464 e. The van der Waals surface area contributed by atoms with Crippen LogP contribution in [0.4, 0.5) is 4.39 Å². The highest BCUT2D eigenvalue weighted by atomic mass is 19.1. The van der Waals surface area contributed by atoms with E-state index in [1.54, 1.807) is 12.1 Å². The van der Waals surface area contributed by atoms with Crippen molar-refractivity contribution in [2.24, 2.45) is 0 Å². The summed E-state index contributed by atoms with van der Waals surface area (Å²) >= 11 is 0. The molecule has 0 fully saturated rings. The summed E-state index contributed by atoms with van der Waals surface area (Å²) in [7, 11) is 1.90. The zero-order valence-corrected chi connectivity index (χ0v) is 8.88. The monoisotopic (exact) mass is 207 g/mol. The third-order valence-corrected chi connectivity index (χ3v) is 2.62. The number of benzene rings is 1. The summed E-state index contributed by atoms with van der Waals surface area (Å²) in [5, 5.41) is 3.67. The van der Waals surface area contributed by atoms with Gasteiger partial charge in [-0.25, -0.2) is 4.39 Å². The average molecular weight is 207 g/mol. The molecule has 80 valence electrons. The van der Waals surface area contributed by atoms with E-state index in [-0.39, 0.29) is 5.82 Å². The van der Waals surface area contributed by atoms with Crippen molar-refractivity contribution in [3.05, 3.63) is 35.8 Å². The second kappa shape index (κ2) is 4.03. The highest BCUT2D eigenvalue weighted by Gasteiger charge is 2.08. The van der Waals surface area contributed by atoms with E-state index >= 15 is 0 Å². The molecule has 0 aliphatic heterocycles. The van der Waals surface area contributed by atoms with E-state index in [0.29, 0.717) is 17.0 Å². The van der Waals surface area contributed by atoms with Gasteiger partial charge in [-0.1, -0.05) is 0 Å². The van der Waals surface area contributed by atoms with E-state index in [9.17, 15) is 4.39 Å². The van der Waals surface area contributed by atoms with Gasteiger partial charge in [0.05, 0.1) is 11.6 Å². The Balaban J connectivity index is 2.36. The summed E-state index contributed by atoms with van der Waals surface area (Å²) in [6, 6.07) is 5.45. The number of fused-ring (bicyclic) bond motifs is 1. The Labute approximate surface area is 88.1 Å². The maximum Gasteiger partial charge on any atom is 0.137 e.